The lowest BCUT2D eigenvalue weighted by Gasteiger charge is -2.32. The maximum atomic E-state index is 12.4. The van der Waals surface area contributed by atoms with Gasteiger partial charge in [0.25, 0.3) is 0 Å². The number of ether oxygens (including phenoxy) is 1. The van der Waals surface area contributed by atoms with E-state index < -0.39 is 0 Å². The Labute approximate surface area is 151 Å². The average Bonchev–Trinajstić information content (AvgIpc) is 2.66. The Hall–Kier alpha value is -2.21. The van der Waals surface area contributed by atoms with Crippen molar-refractivity contribution in [3.63, 3.8) is 0 Å². The highest BCUT2D eigenvalue weighted by atomic mass is 32.2. The molecule has 1 fully saturated rings. The van der Waals surface area contributed by atoms with Crippen LogP contribution in [0.4, 0.5) is 0 Å². The normalized spacial score (nSPS) is 15.2. The van der Waals surface area contributed by atoms with Gasteiger partial charge in [0.05, 0.1) is 12.9 Å². The van der Waals surface area contributed by atoms with Crippen LogP contribution < -0.4 is 10.3 Å². The number of hydrogen-bond donors (Lipinski definition) is 1. The van der Waals surface area contributed by atoms with Crippen molar-refractivity contribution in [1.82, 2.24) is 9.88 Å². The number of aromatic amines is 1. The number of nitrogens with one attached hydrogen (secondary N) is 1. The number of amides is 1. The molecule has 0 unspecified atom stereocenters. The number of hydrogen-bond acceptors (Lipinski definition) is 4. The lowest BCUT2D eigenvalue weighted by atomic mass is 9.90. The van der Waals surface area contributed by atoms with Crippen LogP contribution in [0.1, 0.15) is 24.3 Å². The number of H-pyrrole nitrogens is 1. The summed E-state index contributed by atoms with van der Waals surface area (Å²) in [5, 5.41) is 0. The number of aromatic nitrogens is 1. The van der Waals surface area contributed by atoms with Crippen molar-refractivity contribution < 1.29 is 9.53 Å². The first-order valence-electron chi connectivity index (χ1n) is 8.39. The second-order valence-corrected chi connectivity index (χ2v) is 7.16. The first kappa shape index (κ1) is 17.6. The first-order chi connectivity index (χ1) is 12.2. The maximum Gasteiger partial charge on any atom is 0.248 e. The molecule has 3 rings (SSSR count). The zero-order valence-electron chi connectivity index (χ0n) is 14.2. The van der Waals surface area contributed by atoms with Crippen LogP contribution in [0.15, 0.2) is 52.3 Å². The number of carbonyl (C=O) groups excluding carboxylic acids is 1. The van der Waals surface area contributed by atoms with E-state index in [1.165, 1.54) is 11.8 Å². The van der Waals surface area contributed by atoms with E-state index in [9.17, 15) is 9.59 Å². The largest absolute Gasteiger partial charge is 0.497 e. The Kier molecular flexibility index (Phi) is 5.81. The summed E-state index contributed by atoms with van der Waals surface area (Å²) in [6.07, 6.45) is 3.50. The van der Waals surface area contributed by atoms with Gasteiger partial charge in [0.1, 0.15) is 5.75 Å². The predicted molar refractivity (Wildman–Crippen MR) is 99.3 cm³/mol. The Balaban J connectivity index is 1.50. The standard InChI is InChI=1S/C19H22N2O3S/c1-24-16-3-2-4-17(12-16)25-13-19(23)21-9-6-14(7-10-21)15-5-8-20-18(22)11-15/h2-5,8,11-12,14H,6-7,9-10,13H2,1H3,(H,20,22). The van der Waals surface area contributed by atoms with Crippen molar-refractivity contribution in [1.29, 1.82) is 0 Å². The molecule has 0 atom stereocenters. The monoisotopic (exact) mass is 358 g/mol. The van der Waals surface area contributed by atoms with Crippen LogP contribution in [0.2, 0.25) is 0 Å². The second kappa shape index (κ2) is 8.25. The van der Waals surface area contributed by atoms with E-state index in [-0.39, 0.29) is 11.5 Å². The quantitative estimate of drug-likeness (QED) is 0.835. The SMILES string of the molecule is COc1cccc(SCC(=O)N2CCC(c3cc[nH]c(=O)c3)CC2)c1. The molecule has 0 aliphatic carbocycles. The Morgan fingerprint density at radius 3 is 2.80 bits per heavy atom. The minimum absolute atomic E-state index is 0.0642. The number of piperidine rings is 1. The van der Waals surface area contributed by atoms with Crippen LogP contribution in [0.25, 0.3) is 0 Å². The van der Waals surface area contributed by atoms with Crippen LogP contribution in [0.5, 0.6) is 5.75 Å². The summed E-state index contributed by atoms with van der Waals surface area (Å²) in [5.41, 5.74) is 1.01. The molecule has 5 nitrogen and oxygen atoms in total. The van der Waals surface area contributed by atoms with Gasteiger partial charge in [-0.2, -0.15) is 0 Å². The summed E-state index contributed by atoms with van der Waals surface area (Å²) < 4.78 is 5.21. The Morgan fingerprint density at radius 1 is 1.28 bits per heavy atom. The lowest BCUT2D eigenvalue weighted by Crippen LogP contribution is -2.39. The summed E-state index contributed by atoms with van der Waals surface area (Å²) >= 11 is 1.53. The van der Waals surface area contributed by atoms with Crippen molar-refractivity contribution in [3.05, 3.63) is 58.5 Å². The van der Waals surface area contributed by atoms with Crippen LogP contribution in [-0.4, -0.2) is 41.7 Å². The van der Waals surface area contributed by atoms with Gasteiger partial charge in [-0.15, -0.1) is 11.8 Å². The number of benzene rings is 1. The third kappa shape index (κ3) is 4.66. The number of carbonyl (C=O) groups is 1. The van der Waals surface area contributed by atoms with Crippen molar-refractivity contribution in [2.75, 3.05) is 26.0 Å². The van der Waals surface area contributed by atoms with Crippen molar-refractivity contribution in [2.24, 2.45) is 0 Å². The van der Waals surface area contributed by atoms with Gasteiger partial charge in [0.2, 0.25) is 11.5 Å². The van der Waals surface area contributed by atoms with Crippen molar-refractivity contribution in [3.8, 4) is 5.75 Å². The fourth-order valence-electron chi connectivity index (χ4n) is 3.10. The smallest absolute Gasteiger partial charge is 0.248 e. The number of thioether (sulfide) groups is 1. The van der Waals surface area contributed by atoms with E-state index >= 15 is 0 Å². The van der Waals surface area contributed by atoms with E-state index in [0.717, 1.165) is 42.1 Å². The van der Waals surface area contributed by atoms with E-state index in [0.29, 0.717) is 11.7 Å². The minimum Gasteiger partial charge on any atom is -0.497 e. The summed E-state index contributed by atoms with van der Waals surface area (Å²) in [4.78, 5) is 29.5. The molecule has 0 bridgehead atoms. The fraction of sp³-hybridized carbons (Fsp3) is 0.368. The minimum atomic E-state index is -0.0642. The van der Waals surface area contributed by atoms with Crippen LogP contribution in [0.3, 0.4) is 0 Å². The van der Waals surface area contributed by atoms with Gasteiger partial charge in [0.15, 0.2) is 0 Å². The topological polar surface area (TPSA) is 62.4 Å². The number of pyridine rings is 1. The molecule has 1 amide bonds. The lowest BCUT2D eigenvalue weighted by molar-refractivity contribution is -0.129. The number of methoxy groups -OCH3 is 1. The van der Waals surface area contributed by atoms with E-state index in [1.54, 1.807) is 19.4 Å². The molecule has 1 saturated heterocycles. The summed E-state index contributed by atoms with van der Waals surface area (Å²) in [7, 11) is 1.64. The molecular formula is C19H22N2O3S. The highest BCUT2D eigenvalue weighted by molar-refractivity contribution is 8.00. The summed E-state index contributed by atoms with van der Waals surface area (Å²) in [6.45, 7) is 1.49. The van der Waals surface area contributed by atoms with Gasteiger partial charge < -0.3 is 14.6 Å². The molecule has 0 saturated carbocycles. The van der Waals surface area contributed by atoms with Gasteiger partial charge >= 0.3 is 0 Å². The molecule has 2 heterocycles. The van der Waals surface area contributed by atoms with Crippen LogP contribution in [-0.2, 0) is 4.79 Å². The van der Waals surface area contributed by atoms with Gasteiger partial charge in [-0.1, -0.05) is 6.07 Å². The van der Waals surface area contributed by atoms with E-state index in [4.69, 9.17) is 4.74 Å². The molecule has 2 aromatic rings. The van der Waals surface area contributed by atoms with Gasteiger partial charge in [-0.25, -0.2) is 0 Å². The molecule has 1 aromatic heterocycles. The Morgan fingerprint density at radius 2 is 2.08 bits per heavy atom. The van der Waals surface area contributed by atoms with Crippen LogP contribution >= 0.6 is 11.8 Å². The van der Waals surface area contributed by atoms with E-state index in [2.05, 4.69) is 4.98 Å². The summed E-state index contributed by atoms with van der Waals surface area (Å²) in [6, 6.07) is 11.4. The first-order valence-corrected chi connectivity index (χ1v) is 9.37. The fourth-order valence-corrected chi connectivity index (χ4v) is 3.95. The highest BCUT2D eigenvalue weighted by Gasteiger charge is 2.23. The van der Waals surface area contributed by atoms with Crippen molar-refractivity contribution in [2.45, 2.75) is 23.7 Å². The van der Waals surface area contributed by atoms with Crippen molar-refractivity contribution >= 4 is 17.7 Å². The number of likely N-dealkylation sites (tertiary alicyclic amines) is 1. The molecular weight excluding hydrogens is 336 g/mol. The Bertz CT molecular complexity index is 782. The molecule has 0 radical (unpaired) electrons. The van der Waals surface area contributed by atoms with Gasteiger partial charge in [0, 0.05) is 30.2 Å². The molecule has 1 aromatic carbocycles. The molecule has 1 aliphatic rings. The summed E-state index contributed by atoms with van der Waals surface area (Å²) in [5.74, 6) is 1.76. The molecule has 6 heteroatoms. The van der Waals surface area contributed by atoms with E-state index in [1.807, 2.05) is 35.2 Å². The predicted octanol–water partition coefficient (Wildman–Crippen LogP) is 2.88. The second-order valence-electron chi connectivity index (χ2n) is 6.11. The van der Waals surface area contributed by atoms with Gasteiger partial charge in [-0.05, 0) is 48.6 Å². The molecule has 1 aliphatic heterocycles. The van der Waals surface area contributed by atoms with Gasteiger partial charge in [-0.3, -0.25) is 9.59 Å². The molecule has 25 heavy (non-hydrogen) atoms. The number of rotatable bonds is 5. The molecule has 0 spiro atoms. The third-order valence-corrected chi connectivity index (χ3v) is 5.50. The zero-order chi connectivity index (χ0) is 17.6. The number of nitrogens with zero attached hydrogens (tertiary/aromatic N) is 1. The molecule has 1 N–H and O–H groups in total. The molecule has 132 valence electrons. The maximum absolute atomic E-state index is 12.4. The highest BCUT2D eigenvalue weighted by Crippen LogP contribution is 2.28. The van der Waals surface area contributed by atoms with Crippen LogP contribution in [0, 0.1) is 0 Å². The average molecular weight is 358 g/mol. The third-order valence-electron chi connectivity index (χ3n) is 4.52. The zero-order valence-corrected chi connectivity index (χ0v) is 15.1.